The Morgan fingerprint density at radius 3 is 2.75 bits per heavy atom. The molecule has 0 aromatic carbocycles. The molecule has 0 saturated heterocycles. The lowest BCUT2D eigenvalue weighted by atomic mass is 10.1. The Hall–Kier alpha value is -0.600. The molecule has 0 bridgehead atoms. The molecule has 0 aliphatic rings. The Labute approximate surface area is 79.6 Å². The molecule has 1 aromatic heterocycles. The van der Waals surface area contributed by atoms with Gasteiger partial charge in [0.1, 0.15) is 0 Å². The number of rotatable bonds is 4. The molecule has 3 heteroatoms. The summed E-state index contributed by atoms with van der Waals surface area (Å²) in [6, 6.07) is 4.11. The Morgan fingerprint density at radius 2 is 2.17 bits per heavy atom. The van der Waals surface area contributed by atoms with Gasteiger partial charge in [-0.1, -0.05) is 6.07 Å². The molecule has 0 spiro atoms. The van der Waals surface area contributed by atoms with Gasteiger partial charge in [0.15, 0.2) is 0 Å². The van der Waals surface area contributed by atoms with E-state index in [1.54, 1.807) is 0 Å². The van der Waals surface area contributed by atoms with Crippen LogP contribution in [0.5, 0.6) is 0 Å². The molecule has 1 rings (SSSR count). The fourth-order valence-electron chi connectivity index (χ4n) is 1.05. The van der Waals surface area contributed by atoms with E-state index < -0.39 is 0 Å². The maximum Gasteiger partial charge on any atom is 0.0739 e. The summed E-state index contributed by atoms with van der Waals surface area (Å²) in [4.78, 5) is 4.05. The van der Waals surface area contributed by atoms with Crippen LogP contribution in [-0.4, -0.2) is 11.5 Å². The predicted octanol–water partition coefficient (Wildman–Crippen LogP) is -2.35. The average Bonchev–Trinajstić information content (AvgIpc) is 2.07. The molecule has 0 fully saturated rings. The van der Waals surface area contributed by atoms with Crippen LogP contribution in [0.4, 0.5) is 0 Å². The second-order valence-corrected chi connectivity index (χ2v) is 2.67. The molecule has 0 saturated carbocycles. The smallest absolute Gasteiger partial charge is 0.0739 e. The monoisotopic (exact) mass is 186 g/mol. The summed E-state index contributed by atoms with van der Waals surface area (Å²) >= 11 is 0. The van der Waals surface area contributed by atoms with Crippen molar-refractivity contribution in [2.75, 3.05) is 6.54 Å². The molecule has 0 aliphatic heterocycles. The number of hydrogen-bond acceptors (Lipinski definition) is 1. The van der Waals surface area contributed by atoms with E-state index in [0.717, 1.165) is 13.0 Å². The highest BCUT2D eigenvalue weighted by Gasteiger charge is 1.91. The zero-order valence-corrected chi connectivity index (χ0v) is 7.93. The maximum absolute atomic E-state index is 4.05. The van der Waals surface area contributed by atoms with E-state index in [0.29, 0.717) is 0 Å². The fourth-order valence-corrected chi connectivity index (χ4v) is 1.05. The van der Waals surface area contributed by atoms with Crippen molar-refractivity contribution in [1.82, 2.24) is 4.98 Å². The third kappa shape index (κ3) is 4.31. The second-order valence-electron chi connectivity index (χ2n) is 2.67. The van der Waals surface area contributed by atoms with E-state index in [1.807, 2.05) is 18.5 Å². The summed E-state index contributed by atoms with van der Waals surface area (Å²) < 4.78 is 0. The minimum atomic E-state index is 0. The number of pyridine rings is 1. The van der Waals surface area contributed by atoms with Crippen LogP contribution < -0.4 is 18.1 Å². The number of unbranched alkanes of at least 4 members (excludes halogenated alkanes) is 1. The zero-order valence-electron chi connectivity index (χ0n) is 7.17. The van der Waals surface area contributed by atoms with Crippen molar-refractivity contribution in [1.29, 1.82) is 0 Å². The topological polar surface area (TPSA) is 40.5 Å². The Bertz CT molecular complexity index is 189. The molecule has 12 heavy (non-hydrogen) atoms. The van der Waals surface area contributed by atoms with Crippen molar-refractivity contribution in [3.63, 3.8) is 0 Å². The van der Waals surface area contributed by atoms with Gasteiger partial charge in [0.05, 0.1) is 6.54 Å². The SMILES string of the molecule is [Cl-].[NH3+]CCCCc1cccnc1. The van der Waals surface area contributed by atoms with Crippen LogP contribution in [0.3, 0.4) is 0 Å². The standard InChI is InChI=1S/C9H14N2.ClH/c10-6-2-1-4-9-5-3-7-11-8-9;/h3,5,7-8H,1-2,4,6,10H2;1H. The van der Waals surface area contributed by atoms with E-state index in [4.69, 9.17) is 0 Å². The molecule has 1 heterocycles. The molecular weight excluding hydrogens is 172 g/mol. The van der Waals surface area contributed by atoms with Gasteiger partial charge in [0.25, 0.3) is 0 Å². The highest BCUT2D eigenvalue weighted by Crippen LogP contribution is 2.01. The van der Waals surface area contributed by atoms with E-state index in [-0.39, 0.29) is 12.4 Å². The first-order valence-electron chi connectivity index (χ1n) is 4.11. The van der Waals surface area contributed by atoms with Crippen molar-refractivity contribution >= 4 is 0 Å². The molecule has 0 aliphatic carbocycles. The average molecular weight is 187 g/mol. The summed E-state index contributed by atoms with van der Waals surface area (Å²) in [6.45, 7) is 1.04. The number of aromatic nitrogens is 1. The van der Waals surface area contributed by atoms with Gasteiger partial charge in [-0.15, -0.1) is 0 Å². The van der Waals surface area contributed by atoms with Crippen molar-refractivity contribution in [2.24, 2.45) is 0 Å². The second kappa shape index (κ2) is 7.07. The molecule has 0 atom stereocenters. The van der Waals surface area contributed by atoms with Gasteiger partial charge in [0, 0.05) is 12.4 Å². The van der Waals surface area contributed by atoms with Crippen molar-refractivity contribution < 1.29 is 18.1 Å². The first kappa shape index (κ1) is 11.4. The third-order valence-corrected chi connectivity index (χ3v) is 1.69. The molecular formula is C9H15ClN2. The molecule has 0 radical (unpaired) electrons. The number of halogens is 1. The van der Waals surface area contributed by atoms with Gasteiger partial charge < -0.3 is 18.1 Å². The summed E-state index contributed by atoms with van der Waals surface area (Å²) in [7, 11) is 0. The number of quaternary nitrogens is 1. The lowest BCUT2D eigenvalue weighted by molar-refractivity contribution is -0.368. The van der Waals surface area contributed by atoms with Crippen LogP contribution >= 0.6 is 0 Å². The van der Waals surface area contributed by atoms with Crippen molar-refractivity contribution in [3.8, 4) is 0 Å². The summed E-state index contributed by atoms with van der Waals surface area (Å²) in [5.41, 5.74) is 5.14. The van der Waals surface area contributed by atoms with Crippen LogP contribution in [0, 0.1) is 0 Å². The highest BCUT2D eigenvalue weighted by molar-refractivity contribution is 5.08. The van der Waals surface area contributed by atoms with Crippen LogP contribution in [0.2, 0.25) is 0 Å². The predicted molar refractivity (Wildman–Crippen MR) is 44.9 cm³/mol. The Kier molecular flexibility index (Phi) is 6.72. The Balaban J connectivity index is 0.00000121. The molecule has 3 N–H and O–H groups in total. The van der Waals surface area contributed by atoms with E-state index in [1.165, 1.54) is 18.4 Å². The van der Waals surface area contributed by atoms with E-state index in [2.05, 4.69) is 16.8 Å². The first-order valence-corrected chi connectivity index (χ1v) is 4.11. The summed E-state index contributed by atoms with van der Waals surface area (Å²) in [5, 5.41) is 0. The first-order chi connectivity index (χ1) is 5.43. The minimum Gasteiger partial charge on any atom is -1.00 e. The molecule has 68 valence electrons. The van der Waals surface area contributed by atoms with Gasteiger partial charge in [-0.05, 0) is 30.9 Å². The van der Waals surface area contributed by atoms with Crippen LogP contribution in [0.25, 0.3) is 0 Å². The number of nitrogens with zero attached hydrogens (tertiary/aromatic N) is 1. The lowest BCUT2D eigenvalue weighted by Crippen LogP contribution is -3.00. The molecule has 0 unspecified atom stereocenters. The van der Waals surface area contributed by atoms with Gasteiger partial charge in [-0.25, -0.2) is 0 Å². The van der Waals surface area contributed by atoms with Crippen LogP contribution in [-0.2, 0) is 6.42 Å². The van der Waals surface area contributed by atoms with E-state index in [9.17, 15) is 0 Å². The number of aryl methyl sites for hydroxylation is 1. The molecule has 2 nitrogen and oxygen atoms in total. The van der Waals surface area contributed by atoms with E-state index >= 15 is 0 Å². The highest BCUT2D eigenvalue weighted by atomic mass is 35.5. The molecule has 0 amide bonds. The number of hydrogen-bond donors (Lipinski definition) is 1. The zero-order chi connectivity index (χ0) is 7.94. The fraction of sp³-hybridized carbons (Fsp3) is 0.444. The van der Waals surface area contributed by atoms with Gasteiger partial charge in [-0.3, -0.25) is 4.98 Å². The van der Waals surface area contributed by atoms with Gasteiger partial charge in [-0.2, -0.15) is 0 Å². The van der Waals surface area contributed by atoms with Gasteiger partial charge >= 0.3 is 0 Å². The van der Waals surface area contributed by atoms with Crippen LogP contribution in [0.15, 0.2) is 24.5 Å². The Morgan fingerprint density at radius 1 is 1.33 bits per heavy atom. The quantitative estimate of drug-likeness (QED) is 0.526. The maximum atomic E-state index is 4.05. The third-order valence-electron chi connectivity index (χ3n) is 1.69. The normalized spacial score (nSPS) is 9.08. The van der Waals surface area contributed by atoms with Crippen molar-refractivity contribution in [3.05, 3.63) is 30.1 Å². The minimum absolute atomic E-state index is 0. The molecule has 1 aromatic rings. The van der Waals surface area contributed by atoms with Crippen molar-refractivity contribution in [2.45, 2.75) is 19.3 Å². The largest absolute Gasteiger partial charge is 1.00 e. The summed E-state index contributed by atoms with van der Waals surface area (Å²) in [6.07, 6.45) is 7.33. The summed E-state index contributed by atoms with van der Waals surface area (Å²) in [5.74, 6) is 0. The lowest BCUT2D eigenvalue weighted by Gasteiger charge is -1.96. The van der Waals surface area contributed by atoms with Crippen LogP contribution in [0.1, 0.15) is 18.4 Å². The van der Waals surface area contributed by atoms with Gasteiger partial charge in [0.2, 0.25) is 0 Å².